The molecule has 0 heterocycles. The fourth-order valence-corrected chi connectivity index (χ4v) is 2.34. The molecular weight excluding hydrogens is 242 g/mol. The number of aliphatic hydroxyl groups is 1. The highest BCUT2D eigenvalue weighted by molar-refractivity contribution is 5.93. The highest BCUT2D eigenvalue weighted by Crippen LogP contribution is 2.27. The molecule has 1 amide bonds. The molecule has 4 nitrogen and oxygen atoms in total. The molecule has 2 unspecified atom stereocenters. The summed E-state index contributed by atoms with van der Waals surface area (Å²) in [5.74, 6) is 0.448. The van der Waals surface area contributed by atoms with E-state index in [0.717, 1.165) is 37.1 Å². The average molecular weight is 263 g/mol. The number of rotatable bonds is 5. The largest absolute Gasteiger partial charge is 0.494 e. The molecule has 1 saturated carbocycles. The van der Waals surface area contributed by atoms with Crippen molar-refractivity contribution >= 4 is 11.6 Å². The van der Waals surface area contributed by atoms with Gasteiger partial charge >= 0.3 is 0 Å². The van der Waals surface area contributed by atoms with E-state index >= 15 is 0 Å². The van der Waals surface area contributed by atoms with Crippen molar-refractivity contribution < 1.29 is 14.6 Å². The maximum Gasteiger partial charge on any atom is 0.230 e. The van der Waals surface area contributed by atoms with Crippen molar-refractivity contribution in [1.82, 2.24) is 0 Å². The molecule has 2 N–H and O–H groups in total. The van der Waals surface area contributed by atoms with Crippen molar-refractivity contribution in [2.75, 3.05) is 11.9 Å². The number of benzene rings is 1. The second kappa shape index (κ2) is 6.57. The van der Waals surface area contributed by atoms with Gasteiger partial charge in [0.2, 0.25) is 5.91 Å². The second-order valence-corrected chi connectivity index (χ2v) is 4.97. The van der Waals surface area contributed by atoms with E-state index in [4.69, 9.17) is 4.74 Å². The number of nitrogens with one attached hydrogen (secondary N) is 1. The zero-order valence-corrected chi connectivity index (χ0v) is 11.3. The molecule has 1 fully saturated rings. The lowest BCUT2D eigenvalue weighted by Crippen LogP contribution is -2.28. The van der Waals surface area contributed by atoms with E-state index in [2.05, 4.69) is 12.2 Å². The highest BCUT2D eigenvalue weighted by Gasteiger charge is 2.31. The van der Waals surface area contributed by atoms with Crippen LogP contribution in [0, 0.1) is 5.92 Å². The Morgan fingerprint density at radius 1 is 1.37 bits per heavy atom. The third-order valence-corrected chi connectivity index (χ3v) is 3.41. The van der Waals surface area contributed by atoms with Crippen LogP contribution in [0.5, 0.6) is 5.75 Å². The Kier molecular flexibility index (Phi) is 4.80. The van der Waals surface area contributed by atoms with Crippen molar-refractivity contribution in [3.63, 3.8) is 0 Å². The number of amides is 1. The zero-order valence-electron chi connectivity index (χ0n) is 11.3. The monoisotopic (exact) mass is 263 g/mol. The Morgan fingerprint density at radius 2 is 2.11 bits per heavy atom. The maximum absolute atomic E-state index is 12.0. The normalized spacial score (nSPS) is 22.2. The molecule has 4 heteroatoms. The molecule has 0 aromatic heterocycles. The van der Waals surface area contributed by atoms with E-state index in [1.165, 1.54) is 0 Å². The molecule has 0 radical (unpaired) electrons. The molecule has 1 aromatic carbocycles. The standard InChI is InChI=1S/C15H21NO3/c1-2-10-19-12-8-6-11(7-9-12)16-15(18)13-4-3-5-14(13)17/h6-9,13-14,17H,2-5,10H2,1H3,(H,16,18). The number of hydrogen-bond acceptors (Lipinski definition) is 3. The fourth-order valence-electron chi connectivity index (χ4n) is 2.34. The molecule has 1 aromatic rings. The first-order chi connectivity index (χ1) is 9.20. The van der Waals surface area contributed by atoms with Crippen LogP contribution in [0.4, 0.5) is 5.69 Å². The highest BCUT2D eigenvalue weighted by atomic mass is 16.5. The van der Waals surface area contributed by atoms with Gasteiger partial charge in [-0.15, -0.1) is 0 Å². The number of aliphatic hydroxyl groups excluding tert-OH is 1. The number of ether oxygens (including phenoxy) is 1. The first-order valence-corrected chi connectivity index (χ1v) is 6.92. The summed E-state index contributed by atoms with van der Waals surface area (Å²) in [6.45, 7) is 2.75. The average Bonchev–Trinajstić information content (AvgIpc) is 2.84. The first-order valence-electron chi connectivity index (χ1n) is 6.92. The minimum atomic E-state index is -0.493. The number of carbonyl (C=O) groups is 1. The minimum Gasteiger partial charge on any atom is -0.494 e. The lowest BCUT2D eigenvalue weighted by Gasteiger charge is -2.14. The third-order valence-electron chi connectivity index (χ3n) is 3.41. The summed E-state index contributed by atoms with van der Waals surface area (Å²) >= 11 is 0. The Bertz CT molecular complexity index is 416. The quantitative estimate of drug-likeness (QED) is 0.858. The molecule has 0 aliphatic heterocycles. The number of carbonyl (C=O) groups excluding carboxylic acids is 1. The lowest BCUT2D eigenvalue weighted by atomic mass is 10.1. The molecule has 2 atom stereocenters. The second-order valence-electron chi connectivity index (χ2n) is 4.97. The molecule has 104 valence electrons. The van der Waals surface area contributed by atoms with Crippen LogP contribution >= 0.6 is 0 Å². The van der Waals surface area contributed by atoms with E-state index in [0.29, 0.717) is 6.61 Å². The van der Waals surface area contributed by atoms with Gasteiger partial charge in [-0.25, -0.2) is 0 Å². The molecule has 2 rings (SSSR count). The van der Waals surface area contributed by atoms with Gasteiger partial charge < -0.3 is 15.2 Å². The summed E-state index contributed by atoms with van der Waals surface area (Å²) in [4.78, 5) is 12.0. The maximum atomic E-state index is 12.0. The van der Waals surface area contributed by atoms with Gasteiger partial charge in [-0.3, -0.25) is 4.79 Å². The van der Waals surface area contributed by atoms with Gasteiger partial charge in [0, 0.05) is 5.69 Å². The van der Waals surface area contributed by atoms with Gasteiger partial charge in [-0.05, 0) is 49.9 Å². The van der Waals surface area contributed by atoms with E-state index in [-0.39, 0.29) is 11.8 Å². The Morgan fingerprint density at radius 3 is 2.68 bits per heavy atom. The Hall–Kier alpha value is -1.55. The summed E-state index contributed by atoms with van der Waals surface area (Å²) < 4.78 is 5.48. The predicted octanol–water partition coefficient (Wildman–Crippen LogP) is 2.57. The predicted molar refractivity (Wildman–Crippen MR) is 74.2 cm³/mol. The van der Waals surface area contributed by atoms with Crippen molar-refractivity contribution in [3.8, 4) is 5.75 Å². The van der Waals surface area contributed by atoms with E-state index in [1.54, 1.807) is 0 Å². The van der Waals surface area contributed by atoms with Crippen molar-refractivity contribution in [1.29, 1.82) is 0 Å². The topological polar surface area (TPSA) is 58.6 Å². The van der Waals surface area contributed by atoms with Crippen LogP contribution in [0.25, 0.3) is 0 Å². The number of anilines is 1. The van der Waals surface area contributed by atoms with E-state index in [9.17, 15) is 9.90 Å². The zero-order chi connectivity index (χ0) is 13.7. The van der Waals surface area contributed by atoms with Crippen LogP contribution in [0.3, 0.4) is 0 Å². The fraction of sp³-hybridized carbons (Fsp3) is 0.533. The minimum absolute atomic E-state index is 0.0905. The molecule has 0 bridgehead atoms. The summed E-state index contributed by atoms with van der Waals surface area (Å²) in [5, 5.41) is 12.5. The van der Waals surface area contributed by atoms with Crippen LogP contribution in [-0.2, 0) is 4.79 Å². The summed E-state index contributed by atoms with van der Waals surface area (Å²) in [6, 6.07) is 7.33. The van der Waals surface area contributed by atoms with E-state index in [1.807, 2.05) is 24.3 Å². The molecule has 1 aliphatic carbocycles. The van der Waals surface area contributed by atoms with Gasteiger partial charge in [-0.2, -0.15) is 0 Å². The summed E-state index contributed by atoms with van der Waals surface area (Å²) in [7, 11) is 0. The first kappa shape index (κ1) is 13.9. The van der Waals surface area contributed by atoms with Crippen LogP contribution in [0.2, 0.25) is 0 Å². The van der Waals surface area contributed by atoms with Crippen LogP contribution in [-0.4, -0.2) is 23.7 Å². The molecule has 0 spiro atoms. The van der Waals surface area contributed by atoms with Crippen molar-refractivity contribution in [3.05, 3.63) is 24.3 Å². The Labute approximate surface area is 113 Å². The lowest BCUT2D eigenvalue weighted by molar-refractivity contribution is -0.122. The molecule has 1 aliphatic rings. The van der Waals surface area contributed by atoms with Crippen LogP contribution in [0.15, 0.2) is 24.3 Å². The van der Waals surface area contributed by atoms with Gasteiger partial charge in [0.1, 0.15) is 5.75 Å². The van der Waals surface area contributed by atoms with Gasteiger partial charge in [0.05, 0.1) is 18.6 Å². The molecule has 0 saturated heterocycles. The molecule has 19 heavy (non-hydrogen) atoms. The van der Waals surface area contributed by atoms with Gasteiger partial charge in [0.15, 0.2) is 0 Å². The number of hydrogen-bond donors (Lipinski definition) is 2. The summed E-state index contributed by atoms with van der Waals surface area (Å²) in [6.07, 6.45) is 2.89. The summed E-state index contributed by atoms with van der Waals surface area (Å²) in [5.41, 5.74) is 0.743. The Balaban J connectivity index is 1.90. The van der Waals surface area contributed by atoms with Gasteiger partial charge in [-0.1, -0.05) is 6.92 Å². The third kappa shape index (κ3) is 3.70. The van der Waals surface area contributed by atoms with Gasteiger partial charge in [0.25, 0.3) is 0 Å². The van der Waals surface area contributed by atoms with Crippen molar-refractivity contribution in [2.45, 2.75) is 38.7 Å². The van der Waals surface area contributed by atoms with Crippen molar-refractivity contribution in [2.24, 2.45) is 5.92 Å². The smallest absolute Gasteiger partial charge is 0.230 e. The van der Waals surface area contributed by atoms with E-state index < -0.39 is 6.10 Å². The van der Waals surface area contributed by atoms with Crippen LogP contribution in [0.1, 0.15) is 32.6 Å². The van der Waals surface area contributed by atoms with Crippen LogP contribution < -0.4 is 10.1 Å². The molecular formula is C15H21NO3. The SMILES string of the molecule is CCCOc1ccc(NC(=O)C2CCCC2O)cc1.